The first-order valence-electron chi connectivity index (χ1n) is 11.7. The molecule has 0 bridgehead atoms. The van der Waals surface area contributed by atoms with Gasteiger partial charge in [-0.25, -0.2) is 18.4 Å². The number of rotatable bonds is 8. The second kappa shape index (κ2) is 10.4. The number of halogens is 1. The van der Waals surface area contributed by atoms with Crippen molar-refractivity contribution in [2.45, 2.75) is 10.9 Å². The molecule has 0 atom stereocenters. The van der Waals surface area contributed by atoms with Crippen LogP contribution in [0.3, 0.4) is 0 Å². The number of anilines is 3. The Kier molecular flexibility index (Phi) is 7.06. The number of nitrogens with one attached hydrogen (secondary N) is 3. The van der Waals surface area contributed by atoms with Crippen LogP contribution in [-0.2, 0) is 10.0 Å². The van der Waals surface area contributed by atoms with Gasteiger partial charge in [0.25, 0.3) is 15.9 Å². The average molecular weight is 553 g/mol. The summed E-state index contributed by atoms with van der Waals surface area (Å²) in [5, 5.41) is 6.36. The number of fused-ring (bicyclic) bond motifs is 1. The molecule has 5 rings (SSSR count). The number of ether oxygens (including phenoxy) is 1. The predicted molar refractivity (Wildman–Crippen MR) is 147 cm³/mol. The van der Waals surface area contributed by atoms with Gasteiger partial charge in [-0.2, -0.15) is 0 Å². The number of likely N-dealkylation sites (tertiary alicyclic amines) is 1. The Bertz CT molecular complexity index is 1630. The maximum atomic E-state index is 13.4. The van der Waals surface area contributed by atoms with Crippen LogP contribution in [0.4, 0.5) is 17.3 Å². The van der Waals surface area contributed by atoms with Crippen LogP contribution in [0.5, 0.6) is 5.75 Å². The highest BCUT2D eigenvalue weighted by Gasteiger charge is 2.26. The molecular formula is C26H25ClN6O4S. The summed E-state index contributed by atoms with van der Waals surface area (Å²) in [5.41, 5.74) is 1.74. The first kappa shape index (κ1) is 25.7. The van der Waals surface area contributed by atoms with Crippen LogP contribution in [0.2, 0.25) is 5.02 Å². The lowest BCUT2D eigenvalue weighted by molar-refractivity contribution is 0.0857. The molecule has 38 heavy (non-hydrogen) atoms. The van der Waals surface area contributed by atoms with Crippen molar-refractivity contribution in [3.05, 3.63) is 77.3 Å². The SMILES string of the molecule is COc1ccc(Cl)c(Nc2nc3ccccc3nc2NS(=O)(=O)c2cccc(C(=O)NC3CN(C)C3)c2)c1. The van der Waals surface area contributed by atoms with Gasteiger partial charge in [-0.05, 0) is 49.5 Å². The fourth-order valence-corrected chi connectivity index (χ4v) is 5.28. The lowest BCUT2D eigenvalue weighted by Crippen LogP contribution is -2.57. The number of carbonyl (C=O) groups excluding carboxylic acids is 1. The fourth-order valence-electron chi connectivity index (χ4n) is 4.06. The summed E-state index contributed by atoms with van der Waals surface area (Å²) in [7, 11) is -0.653. The zero-order valence-electron chi connectivity index (χ0n) is 20.6. The van der Waals surface area contributed by atoms with Crippen molar-refractivity contribution in [2.24, 2.45) is 0 Å². The van der Waals surface area contributed by atoms with Gasteiger partial charge in [-0.1, -0.05) is 29.8 Å². The van der Waals surface area contributed by atoms with Crippen molar-refractivity contribution in [2.75, 3.05) is 37.3 Å². The lowest BCUT2D eigenvalue weighted by Gasteiger charge is -2.36. The van der Waals surface area contributed by atoms with E-state index in [4.69, 9.17) is 16.3 Å². The van der Waals surface area contributed by atoms with Crippen molar-refractivity contribution in [1.82, 2.24) is 20.2 Å². The summed E-state index contributed by atoms with van der Waals surface area (Å²) in [4.78, 5) is 23.7. The summed E-state index contributed by atoms with van der Waals surface area (Å²) in [6.45, 7) is 1.50. The van der Waals surface area contributed by atoms with Crippen molar-refractivity contribution in [3.63, 3.8) is 0 Å². The van der Waals surface area contributed by atoms with Crippen LogP contribution in [0.25, 0.3) is 11.0 Å². The monoisotopic (exact) mass is 552 g/mol. The highest BCUT2D eigenvalue weighted by atomic mass is 35.5. The summed E-state index contributed by atoms with van der Waals surface area (Å²) in [5.74, 6) is 0.331. The first-order valence-corrected chi connectivity index (χ1v) is 13.6. The molecule has 0 spiro atoms. The van der Waals surface area contributed by atoms with E-state index in [-0.39, 0.29) is 34.0 Å². The van der Waals surface area contributed by atoms with E-state index in [0.717, 1.165) is 13.1 Å². The number of likely N-dealkylation sites (N-methyl/N-ethyl adjacent to an activating group) is 1. The zero-order valence-corrected chi connectivity index (χ0v) is 22.2. The Morgan fingerprint density at radius 3 is 2.39 bits per heavy atom. The lowest BCUT2D eigenvalue weighted by atomic mass is 10.1. The minimum atomic E-state index is -4.14. The van der Waals surface area contributed by atoms with E-state index in [9.17, 15) is 13.2 Å². The fraction of sp³-hybridized carbons (Fsp3) is 0.192. The van der Waals surface area contributed by atoms with Gasteiger partial charge in [0, 0.05) is 24.7 Å². The summed E-state index contributed by atoms with van der Waals surface area (Å²) < 4.78 is 34.6. The van der Waals surface area contributed by atoms with E-state index >= 15 is 0 Å². The predicted octanol–water partition coefficient (Wildman–Crippen LogP) is 3.88. The highest BCUT2D eigenvalue weighted by molar-refractivity contribution is 7.92. The average Bonchev–Trinajstić information content (AvgIpc) is 2.89. The molecular weight excluding hydrogens is 528 g/mol. The number of benzene rings is 3. The van der Waals surface area contributed by atoms with Gasteiger partial charge in [0.15, 0.2) is 11.6 Å². The van der Waals surface area contributed by atoms with Crippen molar-refractivity contribution < 1.29 is 17.9 Å². The van der Waals surface area contributed by atoms with Crippen molar-refractivity contribution in [1.29, 1.82) is 0 Å². The van der Waals surface area contributed by atoms with Crippen LogP contribution in [0.15, 0.2) is 71.6 Å². The molecule has 1 amide bonds. The molecule has 1 aromatic heterocycles. The van der Waals surface area contributed by atoms with Gasteiger partial charge in [-0.15, -0.1) is 0 Å². The minimum absolute atomic E-state index is 0.0325. The summed E-state index contributed by atoms with van der Waals surface area (Å²) in [6, 6.07) is 18.0. The molecule has 0 saturated carbocycles. The highest BCUT2D eigenvalue weighted by Crippen LogP contribution is 2.32. The van der Waals surface area contributed by atoms with Crippen molar-refractivity contribution in [3.8, 4) is 5.75 Å². The summed E-state index contributed by atoms with van der Waals surface area (Å²) in [6.07, 6.45) is 0. The molecule has 1 saturated heterocycles. The number of methoxy groups -OCH3 is 1. The first-order chi connectivity index (χ1) is 18.2. The molecule has 0 radical (unpaired) electrons. The third-order valence-corrected chi connectivity index (χ3v) is 7.70. The van der Waals surface area contributed by atoms with E-state index in [0.29, 0.717) is 27.5 Å². The van der Waals surface area contributed by atoms with E-state index in [2.05, 4.69) is 30.2 Å². The number of amides is 1. The number of aromatic nitrogens is 2. The Morgan fingerprint density at radius 2 is 1.71 bits per heavy atom. The Labute approximate surface area is 225 Å². The zero-order chi connectivity index (χ0) is 26.9. The molecule has 2 heterocycles. The van der Waals surface area contributed by atoms with Gasteiger partial charge in [-0.3, -0.25) is 9.52 Å². The quantitative estimate of drug-likeness (QED) is 0.301. The van der Waals surface area contributed by atoms with Crippen LogP contribution in [-0.4, -0.2) is 62.5 Å². The van der Waals surface area contributed by atoms with Crippen LogP contribution in [0.1, 0.15) is 10.4 Å². The molecule has 196 valence electrons. The molecule has 1 fully saturated rings. The number of nitrogens with zero attached hydrogens (tertiary/aromatic N) is 3. The van der Waals surface area contributed by atoms with Crippen molar-refractivity contribution >= 4 is 55.9 Å². The smallest absolute Gasteiger partial charge is 0.263 e. The topological polar surface area (TPSA) is 126 Å². The van der Waals surface area contributed by atoms with E-state index in [1.807, 2.05) is 7.05 Å². The van der Waals surface area contributed by atoms with E-state index < -0.39 is 10.0 Å². The molecule has 1 aliphatic heterocycles. The van der Waals surface area contributed by atoms with Gasteiger partial charge in [0.1, 0.15) is 5.75 Å². The maximum absolute atomic E-state index is 13.4. The normalized spacial score (nSPS) is 14.1. The molecule has 12 heteroatoms. The Hall–Kier alpha value is -3.93. The third-order valence-electron chi connectivity index (χ3n) is 6.03. The molecule has 1 aliphatic rings. The number of hydrogen-bond acceptors (Lipinski definition) is 8. The van der Waals surface area contributed by atoms with Crippen LogP contribution < -0.4 is 20.1 Å². The van der Waals surface area contributed by atoms with Gasteiger partial charge in [0.2, 0.25) is 0 Å². The molecule has 0 unspecified atom stereocenters. The molecule has 3 aromatic carbocycles. The standard InChI is InChI=1S/C26H25ClN6O4S/c1-33-14-17(15-33)28-26(34)16-6-5-7-19(12-16)38(35,36)32-25-24(29-21-8-3-4-9-22(21)30-25)31-23-13-18(37-2)10-11-20(23)27/h3-13,17H,14-15H2,1-2H3,(H,28,34)(H,29,31)(H,30,32). The molecule has 0 aliphatic carbocycles. The number of para-hydroxylation sites is 2. The van der Waals surface area contributed by atoms with Gasteiger partial charge < -0.3 is 20.3 Å². The minimum Gasteiger partial charge on any atom is -0.497 e. The van der Waals surface area contributed by atoms with Gasteiger partial charge in [0.05, 0.1) is 39.8 Å². The van der Waals surface area contributed by atoms with Gasteiger partial charge >= 0.3 is 0 Å². The molecule has 10 nitrogen and oxygen atoms in total. The number of hydrogen-bond donors (Lipinski definition) is 3. The number of sulfonamides is 1. The third kappa shape index (κ3) is 5.49. The Balaban J connectivity index is 1.47. The largest absolute Gasteiger partial charge is 0.497 e. The summed E-state index contributed by atoms with van der Waals surface area (Å²) >= 11 is 6.36. The molecule has 4 aromatic rings. The van der Waals surface area contributed by atoms with Crippen LogP contribution >= 0.6 is 11.6 Å². The number of carbonyl (C=O) groups is 1. The van der Waals surface area contributed by atoms with E-state index in [1.165, 1.54) is 25.3 Å². The molecule has 3 N–H and O–H groups in total. The maximum Gasteiger partial charge on any atom is 0.263 e. The Morgan fingerprint density at radius 1 is 1.00 bits per heavy atom. The van der Waals surface area contributed by atoms with E-state index in [1.54, 1.807) is 48.5 Å². The van der Waals surface area contributed by atoms with Crippen LogP contribution in [0, 0.1) is 0 Å². The second-order valence-corrected chi connectivity index (χ2v) is 11.0. The second-order valence-electron chi connectivity index (χ2n) is 8.91.